The molecule has 0 radical (unpaired) electrons. The van der Waals surface area contributed by atoms with E-state index in [4.69, 9.17) is 4.74 Å². The van der Waals surface area contributed by atoms with E-state index >= 15 is 0 Å². The van der Waals surface area contributed by atoms with Gasteiger partial charge in [0.05, 0.1) is 10.6 Å². The molecule has 0 aromatic heterocycles. The largest absolute Gasteiger partial charge is 0.377 e. The van der Waals surface area contributed by atoms with E-state index in [1.165, 1.54) is 6.07 Å². The van der Waals surface area contributed by atoms with Crippen molar-refractivity contribution in [2.75, 3.05) is 13.7 Å². The van der Waals surface area contributed by atoms with Gasteiger partial charge < -0.3 is 10.1 Å². The van der Waals surface area contributed by atoms with Gasteiger partial charge >= 0.3 is 0 Å². The first-order valence-electron chi connectivity index (χ1n) is 6.72. The third kappa shape index (κ3) is 4.86. The molecule has 19 heavy (non-hydrogen) atoms. The zero-order chi connectivity index (χ0) is 14.4. The predicted molar refractivity (Wildman–Crippen MR) is 80.9 cm³/mol. The van der Waals surface area contributed by atoms with E-state index in [9.17, 15) is 4.39 Å². The lowest BCUT2D eigenvalue weighted by molar-refractivity contribution is 0.00535. The molecule has 0 heterocycles. The number of hydrogen-bond acceptors (Lipinski definition) is 2. The highest BCUT2D eigenvalue weighted by Crippen LogP contribution is 2.20. The maximum atomic E-state index is 13.2. The highest BCUT2D eigenvalue weighted by Gasteiger charge is 2.24. The fourth-order valence-corrected chi connectivity index (χ4v) is 2.69. The summed E-state index contributed by atoms with van der Waals surface area (Å²) >= 11 is 3.23. The van der Waals surface area contributed by atoms with Crippen LogP contribution in [0.3, 0.4) is 0 Å². The van der Waals surface area contributed by atoms with Crippen LogP contribution < -0.4 is 5.32 Å². The van der Waals surface area contributed by atoms with Crippen molar-refractivity contribution in [2.24, 2.45) is 5.92 Å². The Bertz CT molecular complexity index is 398. The average molecular weight is 332 g/mol. The molecule has 0 aliphatic heterocycles. The number of halogens is 2. The fourth-order valence-electron chi connectivity index (χ4n) is 2.27. The van der Waals surface area contributed by atoms with Gasteiger partial charge in [-0.2, -0.15) is 0 Å². The Hall–Kier alpha value is -0.450. The first-order valence-corrected chi connectivity index (χ1v) is 7.51. The molecule has 0 amide bonds. The SMILES string of the molecule is CCOC(C(C)C)C(Cc1ccc(F)c(Br)c1)NC. The first kappa shape index (κ1) is 16.6. The summed E-state index contributed by atoms with van der Waals surface area (Å²) in [6.45, 7) is 7.03. The van der Waals surface area contributed by atoms with Crippen LogP contribution in [0.1, 0.15) is 26.3 Å². The number of ether oxygens (including phenoxy) is 1. The van der Waals surface area contributed by atoms with Crippen LogP contribution in [0.15, 0.2) is 22.7 Å². The van der Waals surface area contributed by atoms with Crippen molar-refractivity contribution in [1.29, 1.82) is 0 Å². The van der Waals surface area contributed by atoms with Gasteiger partial charge in [0.15, 0.2) is 0 Å². The van der Waals surface area contributed by atoms with Crippen LogP contribution in [-0.2, 0) is 11.2 Å². The van der Waals surface area contributed by atoms with Crippen LogP contribution >= 0.6 is 15.9 Å². The van der Waals surface area contributed by atoms with Gasteiger partial charge in [0, 0.05) is 12.6 Å². The van der Waals surface area contributed by atoms with E-state index < -0.39 is 0 Å². The molecule has 0 saturated heterocycles. The minimum atomic E-state index is -0.227. The second-order valence-corrected chi connectivity index (χ2v) is 5.87. The van der Waals surface area contributed by atoms with Crippen LogP contribution in [0.5, 0.6) is 0 Å². The quantitative estimate of drug-likeness (QED) is 0.820. The number of benzene rings is 1. The van der Waals surface area contributed by atoms with Crippen molar-refractivity contribution < 1.29 is 9.13 Å². The van der Waals surface area contributed by atoms with Crippen molar-refractivity contribution in [2.45, 2.75) is 39.3 Å². The number of hydrogen-bond donors (Lipinski definition) is 1. The van der Waals surface area contributed by atoms with Crippen LogP contribution in [0.25, 0.3) is 0 Å². The summed E-state index contributed by atoms with van der Waals surface area (Å²) in [5.74, 6) is 0.205. The molecule has 1 rings (SSSR count). The molecule has 2 unspecified atom stereocenters. The maximum Gasteiger partial charge on any atom is 0.137 e. The Morgan fingerprint density at radius 3 is 2.53 bits per heavy atom. The van der Waals surface area contributed by atoms with E-state index in [-0.39, 0.29) is 18.0 Å². The van der Waals surface area contributed by atoms with Gasteiger partial charge in [-0.05, 0) is 59.9 Å². The summed E-state index contributed by atoms with van der Waals surface area (Å²) in [5.41, 5.74) is 1.10. The number of rotatable bonds is 7. The number of nitrogens with one attached hydrogen (secondary N) is 1. The molecule has 0 bridgehead atoms. The normalized spacial score (nSPS) is 14.7. The minimum absolute atomic E-state index is 0.152. The summed E-state index contributed by atoms with van der Waals surface area (Å²) in [6.07, 6.45) is 0.969. The minimum Gasteiger partial charge on any atom is -0.377 e. The van der Waals surface area contributed by atoms with E-state index in [2.05, 4.69) is 35.1 Å². The molecule has 2 atom stereocenters. The van der Waals surface area contributed by atoms with Crippen LogP contribution in [0, 0.1) is 11.7 Å². The molecule has 0 saturated carbocycles. The lowest BCUT2D eigenvalue weighted by atomic mass is 9.94. The van der Waals surface area contributed by atoms with E-state index in [0.717, 1.165) is 12.0 Å². The fraction of sp³-hybridized carbons (Fsp3) is 0.600. The third-order valence-electron chi connectivity index (χ3n) is 3.22. The highest BCUT2D eigenvalue weighted by atomic mass is 79.9. The van der Waals surface area contributed by atoms with Crippen molar-refractivity contribution in [3.63, 3.8) is 0 Å². The molecule has 0 spiro atoms. The summed E-state index contributed by atoms with van der Waals surface area (Å²) in [4.78, 5) is 0. The Balaban J connectivity index is 2.82. The molecular weight excluding hydrogens is 309 g/mol. The van der Waals surface area contributed by atoms with Gasteiger partial charge in [-0.15, -0.1) is 0 Å². The topological polar surface area (TPSA) is 21.3 Å². The first-order chi connectivity index (χ1) is 8.99. The molecule has 108 valence electrons. The van der Waals surface area contributed by atoms with Crippen molar-refractivity contribution in [1.82, 2.24) is 5.32 Å². The Morgan fingerprint density at radius 2 is 2.05 bits per heavy atom. The van der Waals surface area contributed by atoms with Gasteiger partial charge in [-0.1, -0.05) is 19.9 Å². The van der Waals surface area contributed by atoms with Gasteiger partial charge in [0.25, 0.3) is 0 Å². The Morgan fingerprint density at radius 1 is 1.37 bits per heavy atom. The van der Waals surface area contributed by atoms with Crippen LogP contribution in [0.4, 0.5) is 4.39 Å². The monoisotopic (exact) mass is 331 g/mol. The maximum absolute atomic E-state index is 13.2. The standard InChI is InChI=1S/C15H23BrFNO/c1-5-19-15(10(2)3)14(18-4)9-11-6-7-13(17)12(16)8-11/h6-8,10,14-15,18H,5,9H2,1-4H3. The van der Waals surface area contributed by atoms with Crippen LogP contribution in [-0.4, -0.2) is 25.8 Å². The van der Waals surface area contributed by atoms with Crippen molar-refractivity contribution in [3.05, 3.63) is 34.1 Å². The highest BCUT2D eigenvalue weighted by molar-refractivity contribution is 9.10. The molecule has 0 fully saturated rings. The zero-order valence-corrected chi connectivity index (χ0v) is 13.6. The number of likely N-dealkylation sites (N-methyl/N-ethyl adjacent to an activating group) is 1. The molecule has 1 aromatic rings. The molecule has 0 aliphatic carbocycles. The van der Waals surface area contributed by atoms with E-state index in [0.29, 0.717) is 17.0 Å². The molecule has 1 N–H and O–H groups in total. The van der Waals surface area contributed by atoms with Gasteiger partial charge in [-0.3, -0.25) is 0 Å². The smallest absolute Gasteiger partial charge is 0.137 e. The molecule has 1 aromatic carbocycles. The van der Waals surface area contributed by atoms with Gasteiger partial charge in [0.2, 0.25) is 0 Å². The van der Waals surface area contributed by atoms with Gasteiger partial charge in [-0.25, -0.2) is 4.39 Å². The summed E-state index contributed by atoms with van der Waals surface area (Å²) in [5, 5.41) is 3.32. The molecular formula is C15H23BrFNO. The van der Waals surface area contributed by atoms with Crippen molar-refractivity contribution in [3.8, 4) is 0 Å². The third-order valence-corrected chi connectivity index (χ3v) is 3.83. The lowest BCUT2D eigenvalue weighted by Crippen LogP contribution is -2.44. The summed E-state index contributed by atoms with van der Waals surface area (Å²) in [7, 11) is 1.94. The Labute approximate surface area is 123 Å². The van der Waals surface area contributed by atoms with Gasteiger partial charge in [0.1, 0.15) is 5.82 Å². The lowest BCUT2D eigenvalue weighted by Gasteiger charge is -2.30. The predicted octanol–water partition coefficient (Wildman–Crippen LogP) is 3.78. The van der Waals surface area contributed by atoms with Crippen molar-refractivity contribution >= 4 is 15.9 Å². The Kier molecular flexibility index (Phi) is 6.97. The average Bonchev–Trinajstić information content (AvgIpc) is 2.37. The zero-order valence-electron chi connectivity index (χ0n) is 12.0. The molecule has 4 heteroatoms. The van der Waals surface area contributed by atoms with E-state index in [1.807, 2.05) is 26.1 Å². The second-order valence-electron chi connectivity index (χ2n) is 5.01. The molecule has 0 aliphatic rings. The summed E-state index contributed by atoms with van der Waals surface area (Å²) < 4.78 is 19.6. The van der Waals surface area contributed by atoms with E-state index in [1.54, 1.807) is 0 Å². The molecule has 2 nitrogen and oxygen atoms in total. The summed E-state index contributed by atoms with van der Waals surface area (Å²) in [6, 6.07) is 5.38. The second kappa shape index (κ2) is 7.98. The van der Waals surface area contributed by atoms with Crippen LogP contribution in [0.2, 0.25) is 0 Å².